The Labute approximate surface area is 113 Å². The molecule has 0 fully saturated rings. The van der Waals surface area contributed by atoms with Gasteiger partial charge in [-0.15, -0.1) is 0 Å². The van der Waals surface area contributed by atoms with Gasteiger partial charge in [0.1, 0.15) is 5.75 Å². The third kappa shape index (κ3) is 3.70. The topological polar surface area (TPSA) is 58.6 Å². The molecular formula is C15H21NO3. The number of amides is 1. The van der Waals surface area contributed by atoms with E-state index in [0.29, 0.717) is 19.6 Å². The van der Waals surface area contributed by atoms with E-state index in [0.717, 1.165) is 24.2 Å². The van der Waals surface area contributed by atoms with E-state index < -0.39 is 0 Å². The Morgan fingerprint density at radius 1 is 1.53 bits per heavy atom. The molecule has 2 N–H and O–H groups in total. The van der Waals surface area contributed by atoms with Gasteiger partial charge in [-0.3, -0.25) is 4.79 Å². The predicted octanol–water partition coefficient (Wildman–Crippen LogP) is 1.83. The summed E-state index contributed by atoms with van der Waals surface area (Å²) in [5.41, 5.74) is 0.974. The minimum Gasteiger partial charge on any atom is -0.493 e. The van der Waals surface area contributed by atoms with Crippen molar-refractivity contribution < 1.29 is 14.6 Å². The van der Waals surface area contributed by atoms with E-state index in [2.05, 4.69) is 5.32 Å². The smallest absolute Gasteiger partial charge is 0.227 e. The van der Waals surface area contributed by atoms with Gasteiger partial charge in [-0.05, 0) is 32.3 Å². The van der Waals surface area contributed by atoms with Crippen LogP contribution in [0.3, 0.4) is 0 Å². The fourth-order valence-corrected chi connectivity index (χ4v) is 2.35. The van der Waals surface area contributed by atoms with E-state index in [1.54, 1.807) is 6.92 Å². The molecule has 0 radical (unpaired) electrons. The fourth-order valence-electron chi connectivity index (χ4n) is 2.35. The zero-order valence-electron chi connectivity index (χ0n) is 11.3. The van der Waals surface area contributed by atoms with Crippen LogP contribution in [0.2, 0.25) is 0 Å². The molecule has 1 aliphatic heterocycles. The summed E-state index contributed by atoms with van der Waals surface area (Å²) < 4.78 is 5.55. The second kappa shape index (κ2) is 6.57. The van der Waals surface area contributed by atoms with Crippen molar-refractivity contribution in [2.24, 2.45) is 0 Å². The fraction of sp³-hybridized carbons (Fsp3) is 0.533. The molecule has 1 heterocycles. The van der Waals surface area contributed by atoms with E-state index in [-0.39, 0.29) is 17.9 Å². The van der Waals surface area contributed by atoms with Crippen molar-refractivity contribution in [2.75, 3.05) is 13.2 Å². The number of rotatable bonds is 5. The monoisotopic (exact) mass is 263 g/mol. The number of hydrogen-bond donors (Lipinski definition) is 2. The van der Waals surface area contributed by atoms with Crippen molar-refractivity contribution in [1.29, 1.82) is 0 Å². The average Bonchev–Trinajstić information content (AvgIpc) is 2.42. The number of nitrogens with one attached hydrogen (secondary N) is 1. The largest absolute Gasteiger partial charge is 0.493 e. The summed E-state index contributed by atoms with van der Waals surface area (Å²) in [5.74, 6) is 0.760. The van der Waals surface area contributed by atoms with Gasteiger partial charge in [-0.1, -0.05) is 18.2 Å². The van der Waals surface area contributed by atoms with Crippen molar-refractivity contribution in [3.8, 4) is 5.75 Å². The summed E-state index contributed by atoms with van der Waals surface area (Å²) in [6, 6.07) is 7.71. The van der Waals surface area contributed by atoms with Crippen LogP contribution in [0.25, 0.3) is 0 Å². The van der Waals surface area contributed by atoms with Crippen molar-refractivity contribution in [3.63, 3.8) is 0 Å². The molecule has 0 saturated heterocycles. The minimum atomic E-state index is -0.305. The summed E-state index contributed by atoms with van der Waals surface area (Å²) in [5, 5.41) is 12.1. The molecule has 1 amide bonds. The van der Waals surface area contributed by atoms with Crippen molar-refractivity contribution >= 4 is 5.91 Å². The first-order valence-electron chi connectivity index (χ1n) is 6.86. The van der Waals surface area contributed by atoms with Crippen LogP contribution in [-0.2, 0) is 4.79 Å². The molecule has 104 valence electrons. The highest BCUT2D eigenvalue weighted by Gasteiger charge is 2.26. The zero-order valence-corrected chi connectivity index (χ0v) is 11.3. The normalized spacial score (nSPS) is 19.2. The number of para-hydroxylation sites is 1. The molecule has 1 aromatic rings. The van der Waals surface area contributed by atoms with E-state index in [1.807, 2.05) is 24.3 Å². The van der Waals surface area contributed by atoms with Crippen LogP contribution in [-0.4, -0.2) is 30.3 Å². The number of aliphatic hydroxyl groups excluding tert-OH is 1. The summed E-state index contributed by atoms with van der Waals surface area (Å²) in [6.45, 7) is 2.96. The first-order chi connectivity index (χ1) is 9.18. The highest BCUT2D eigenvalue weighted by Crippen LogP contribution is 2.33. The predicted molar refractivity (Wildman–Crippen MR) is 73.2 cm³/mol. The lowest BCUT2D eigenvalue weighted by molar-refractivity contribution is -0.123. The number of carbonyl (C=O) groups is 1. The SMILES string of the molecule is CC(O)CCCNC(=O)C1CCOc2ccccc21. The van der Waals surface area contributed by atoms with Gasteiger partial charge in [0.15, 0.2) is 0 Å². The first kappa shape index (κ1) is 13.9. The quantitative estimate of drug-likeness (QED) is 0.797. The van der Waals surface area contributed by atoms with Crippen molar-refractivity contribution in [1.82, 2.24) is 5.32 Å². The summed E-state index contributed by atoms with van der Waals surface area (Å²) in [4.78, 5) is 12.2. The van der Waals surface area contributed by atoms with Crippen LogP contribution in [0, 0.1) is 0 Å². The lowest BCUT2D eigenvalue weighted by Gasteiger charge is -2.25. The molecule has 0 aliphatic carbocycles. The lowest BCUT2D eigenvalue weighted by Crippen LogP contribution is -2.33. The van der Waals surface area contributed by atoms with Gasteiger partial charge in [0, 0.05) is 12.1 Å². The molecule has 0 bridgehead atoms. The van der Waals surface area contributed by atoms with Gasteiger partial charge >= 0.3 is 0 Å². The molecule has 2 rings (SSSR count). The third-order valence-corrected chi connectivity index (χ3v) is 3.37. The number of fused-ring (bicyclic) bond motifs is 1. The molecule has 2 atom stereocenters. The minimum absolute atomic E-state index is 0.0568. The molecule has 0 spiro atoms. The van der Waals surface area contributed by atoms with E-state index in [4.69, 9.17) is 9.84 Å². The van der Waals surface area contributed by atoms with Crippen LogP contribution in [0.5, 0.6) is 5.75 Å². The molecule has 2 unspecified atom stereocenters. The number of ether oxygens (including phenoxy) is 1. The Morgan fingerprint density at radius 2 is 2.32 bits per heavy atom. The van der Waals surface area contributed by atoms with Crippen LogP contribution in [0.4, 0.5) is 0 Å². The summed E-state index contributed by atoms with van der Waals surface area (Å²) in [7, 11) is 0. The molecule has 1 aromatic carbocycles. The Kier molecular flexibility index (Phi) is 4.80. The third-order valence-electron chi connectivity index (χ3n) is 3.37. The Hall–Kier alpha value is -1.55. The molecule has 4 nitrogen and oxygen atoms in total. The molecular weight excluding hydrogens is 242 g/mol. The average molecular weight is 263 g/mol. The standard InChI is InChI=1S/C15H21NO3/c1-11(17)5-4-9-16-15(18)13-8-10-19-14-7-3-2-6-12(13)14/h2-3,6-7,11,13,17H,4-5,8-10H2,1H3,(H,16,18). The number of carbonyl (C=O) groups excluding carboxylic acids is 1. The summed E-state index contributed by atoms with van der Waals surface area (Å²) in [6.07, 6.45) is 1.93. The van der Waals surface area contributed by atoms with Gasteiger partial charge in [-0.2, -0.15) is 0 Å². The van der Waals surface area contributed by atoms with Crippen LogP contribution in [0.15, 0.2) is 24.3 Å². The van der Waals surface area contributed by atoms with Gasteiger partial charge in [-0.25, -0.2) is 0 Å². The molecule has 19 heavy (non-hydrogen) atoms. The number of hydrogen-bond acceptors (Lipinski definition) is 3. The maximum absolute atomic E-state index is 12.2. The highest BCUT2D eigenvalue weighted by atomic mass is 16.5. The van der Waals surface area contributed by atoms with Crippen LogP contribution in [0.1, 0.15) is 37.7 Å². The molecule has 1 aliphatic rings. The van der Waals surface area contributed by atoms with Crippen LogP contribution < -0.4 is 10.1 Å². The van der Waals surface area contributed by atoms with Crippen molar-refractivity contribution in [2.45, 2.75) is 38.2 Å². The van der Waals surface area contributed by atoms with Gasteiger partial charge in [0.05, 0.1) is 18.6 Å². The Morgan fingerprint density at radius 3 is 3.11 bits per heavy atom. The van der Waals surface area contributed by atoms with Crippen LogP contribution >= 0.6 is 0 Å². The van der Waals surface area contributed by atoms with Crippen molar-refractivity contribution in [3.05, 3.63) is 29.8 Å². The maximum Gasteiger partial charge on any atom is 0.227 e. The van der Waals surface area contributed by atoms with E-state index in [1.165, 1.54) is 0 Å². The number of benzene rings is 1. The first-order valence-corrected chi connectivity index (χ1v) is 6.86. The molecule has 0 saturated carbocycles. The Balaban J connectivity index is 1.90. The number of aliphatic hydroxyl groups is 1. The second-order valence-corrected chi connectivity index (χ2v) is 5.01. The van der Waals surface area contributed by atoms with Gasteiger partial charge in [0.25, 0.3) is 0 Å². The maximum atomic E-state index is 12.2. The highest BCUT2D eigenvalue weighted by molar-refractivity contribution is 5.84. The lowest BCUT2D eigenvalue weighted by atomic mass is 9.92. The van der Waals surface area contributed by atoms with E-state index in [9.17, 15) is 4.79 Å². The second-order valence-electron chi connectivity index (χ2n) is 5.01. The molecule has 0 aromatic heterocycles. The summed E-state index contributed by atoms with van der Waals surface area (Å²) >= 11 is 0. The van der Waals surface area contributed by atoms with E-state index >= 15 is 0 Å². The Bertz CT molecular complexity index is 431. The molecule has 4 heteroatoms. The van der Waals surface area contributed by atoms with Gasteiger partial charge < -0.3 is 15.2 Å². The zero-order chi connectivity index (χ0) is 13.7. The van der Waals surface area contributed by atoms with Gasteiger partial charge in [0.2, 0.25) is 5.91 Å².